The van der Waals surface area contributed by atoms with Crippen LogP contribution in [-0.2, 0) is 0 Å². The molecule has 1 aliphatic rings. The Morgan fingerprint density at radius 2 is 2.43 bits per heavy atom. The van der Waals surface area contributed by atoms with E-state index in [-0.39, 0.29) is 0 Å². The van der Waals surface area contributed by atoms with Crippen LogP contribution in [0.4, 0.5) is 0 Å². The third kappa shape index (κ3) is 1.35. The van der Waals surface area contributed by atoms with Gasteiger partial charge in [0.2, 0.25) is 0 Å². The molecule has 0 aliphatic carbocycles. The molecule has 0 aromatic carbocycles. The molecular formula is C5H11NS. The average molecular weight is 117 g/mol. The fourth-order valence-electron chi connectivity index (χ4n) is 0.658. The van der Waals surface area contributed by atoms with Crippen molar-refractivity contribution in [3.8, 4) is 0 Å². The van der Waals surface area contributed by atoms with Crippen LogP contribution in [0.1, 0.15) is 0 Å². The van der Waals surface area contributed by atoms with Crippen LogP contribution in [-0.4, -0.2) is 36.5 Å². The molecule has 0 amide bonds. The minimum absolute atomic E-state index is 0.912. The highest BCUT2D eigenvalue weighted by Crippen LogP contribution is 2.16. The molecule has 0 radical (unpaired) electrons. The van der Waals surface area contributed by atoms with Gasteiger partial charge in [0.05, 0.1) is 0 Å². The van der Waals surface area contributed by atoms with E-state index in [9.17, 15) is 0 Å². The molecule has 0 bridgehead atoms. The molecule has 1 fully saturated rings. The second kappa shape index (κ2) is 2.05. The summed E-state index contributed by atoms with van der Waals surface area (Å²) in [5.74, 6) is 1.32. The Bertz CT molecular complexity index is 65.1. The first-order valence-electron chi connectivity index (χ1n) is 2.54. The zero-order chi connectivity index (χ0) is 5.28. The maximum absolute atomic E-state index is 2.36. The Labute approximate surface area is 49.1 Å². The Kier molecular flexibility index (Phi) is 1.60. The normalized spacial score (nSPS) is 38.6. The molecule has 2 atom stereocenters. The van der Waals surface area contributed by atoms with Crippen molar-refractivity contribution in [2.45, 2.75) is 6.04 Å². The quantitative estimate of drug-likeness (QED) is 0.489. The van der Waals surface area contributed by atoms with Gasteiger partial charge in [0.25, 0.3) is 0 Å². The molecule has 1 heterocycles. The number of likely N-dealkylation sites (N-methyl/N-ethyl adjacent to an activating group) is 1. The highest BCUT2D eigenvalue weighted by molar-refractivity contribution is 7.98. The van der Waals surface area contributed by atoms with E-state index in [1.54, 1.807) is 0 Å². The number of hydrogen-bond acceptors (Lipinski definition) is 2. The van der Waals surface area contributed by atoms with E-state index in [1.807, 2.05) is 11.8 Å². The summed E-state index contributed by atoms with van der Waals surface area (Å²) in [6.07, 6.45) is 2.16. The molecule has 0 N–H and O–H groups in total. The minimum atomic E-state index is 0.912. The van der Waals surface area contributed by atoms with Crippen molar-refractivity contribution >= 4 is 11.8 Å². The summed E-state index contributed by atoms with van der Waals surface area (Å²) in [7, 11) is 2.17. The van der Waals surface area contributed by atoms with E-state index >= 15 is 0 Å². The standard InChI is InChI=1S/C5H11NS/c1-6-3-5(6)4-7-2/h5H,3-4H2,1-2H3. The van der Waals surface area contributed by atoms with Crippen LogP contribution in [0, 0.1) is 0 Å². The molecule has 42 valence electrons. The Morgan fingerprint density at radius 3 is 2.57 bits per heavy atom. The van der Waals surface area contributed by atoms with Crippen molar-refractivity contribution in [3.05, 3.63) is 0 Å². The molecule has 0 aromatic rings. The van der Waals surface area contributed by atoms with Gasteiger partial charge in [-0.25, -0.2) is 0 Å². The maximum Gasteiger partial charge on any atom is 0.0311 e. The lowest BCUT2D eigenvalue weighted by molar-refractivity contribution is 0.642. The summed E-state index contributed by atoms with van der Waals surface area (Å²) in [5.41, 5.74) is 0. The van der Waals surface area contributed by atoms with Crippen LogP contribution in [0.3, 0.4) is 0 Å². The van der Waals surface area contributed by atoms with Crippen LogP contribution >= 0.6 is 11.8 Å². The minimum Gasteiger partial charge on any atom is -0.300 e. The summed E-state index contributed by atoms with van der Waals surface area (Å²) in [5, 5.41) is 0. The molecule has 1 rings (SSSR count). The molecule has 1 nitrogen and oxygen atoms in total. The van der Waals surface area contributed by atoms with Gasteiger partial charge in [-0.3, -0.25) is 4.90 Å². The smallest absolute Gasteiger partial charge is 0.0311 e. The van der Waals surface area contributed by atoms with Crippen molar-refractivity contribution in [2.75, 3.05) is 25.6 Å². The second-order valence-corrected chi connectivity index (χ2v) is 2.96. The molecule has 7 heavy (non-hydrogen) atoms. The monoisotopic (exact) mass is 117 g/mol. The lowest BCUT2D eigenvalue weighted by Gasteiger charge is -1.88. The van der Waals surface area contributed by atoms with E-state index in [0.717, 1.165) is 6.04 Å². The van der Waals surface area contributed by atoms with E-state index in [2.05, 4.69) is 18.2 Å². The highest BCUT2D eigenvalue weighted by atomic mass is 32.2. The number of rotatable bonds is 2. The largest absolute Gasteiger partial charge is 0.300 e. The van der Waals surface area contributed by atoms with Gasteiger partial charge in [-0.15, -0.1) is 0 Å². The van der Waals surface area contributed by atoms with Gasteiger partial charge in [-0.1, -0.05) is 0 Å². The Balaban J connectivity index is 1.98. The maximum atomic E-state index is 2.36. The first kappa shape index (κ1) is 5.45. The first-order chi connectivity index (χ1) is 3.34. The zero-order valence-corrected chi connectivity index (χ0v) is 5.66. The van der Waals surface area contributed by atoms with Gasteiger partial charge >= 0.3 is 0 Å². The summed E-state index contributed by atoms with van der Waals surface area (Å²) in [4.78, 5) is 2.36. The predicted octanol–water partition coefficient (Wildman–Crippen LogP) is 0.663. The number of thioether (sulfide) groups is 1. The van der Waals surface area contributed by atoms with Gasteiger partial charge < -0.3 is 0 Å². The van der Waals surface area contributed by atoms with Gasteiger partial charge in [0, 0.05) is 18.3 Å². The van der Waals surface area contributed by atoms with Crippen molar-refractivity contribution in [1.82, 2.24) is 4.90 Å². The van der Waals surface area contributed by atoms with Crippen LogP contribution in [0.25, 0.3) is 0 Å². The molecule has 2 heteroatoms. The Morgan fingerprint density at radius 1 is 1.86 bits per heavy atom. The summed E-state index contributed by atoms with van der Waals surface area (Å²) < 4.78 is 0. The second-order valence-electron chi connectivity index (χ2n) is 2.05. The molecule has 0 spiro atoms. The third-order valence-electron chi connectivity index (χ3n) is 1.35. The average Bonchev–Trinajstić information content (AvgIpc) is 2.22. The highest BCUT2D eigenvalue weighted by Gasteiger charge is 2.27. The molecule has 0 saturated carbocycles. The lowest BCUT2D eigenvalue weighted by Crippen LogP contribution is -1.95. The summed E-state index contributed by atoms with van der Waals surface area (Å²) >= 11 is 1.93. The summed E-state index contributed by atoms with van der Waals surface area (Å²) in [6, 6.07) is 0.912. The molecule has 1 aliphatic heterocycles. The van der Waals surface area contributed by atoms with Crippen LogP contribution in [0.5, 0.6) is 0 Å². The molecular weight excluding hydrogens is 106 g/mol. The fraction of sp³-hybridized carbons (Fsp3) is 1.00. The van der Waals surface area contributed by atoms with E-state index in [4.69, 9.17) is 0 Å². The fourth-order valence-corrected chi connectivity index (χ4v) is 1.40. The van der Waals surface area contributed by atoms with Crippen LogP contribution < -0.4 is 0 Å². The number of hydrogen-bond donors (Lipinski definition) is 0. The molecule has 0 aromatic heterocycles. The third-order valence-corrected chi connectivity index (χ3v) is 2.07. The van der Waals surface area contributed by atoms with Crippen molar-refractivity contribution in [3.63, 3.8) is 0 Å². The van der Waals surface area contributed by atoms with Crippen LogP contribution in [0.15, 0.2) is 0 Å². The zero-order valence-electron chi connectivity index (χ0n) is 4.85. The van der Waals surface area contributed by atoms with Gasteiger partial charge in [-0.05, 0) is 13.3 Å². The van der Waals surface area contributed by atoms with E-state index < -0.39 is 0 Å². The van der Waals surface area contributed by atoms with Gasteiger partial charge in [0.15, 0.2) is 0 Å². The number of nitrogens with zero attached hydrogens (tertiary/aromatic N) is 1. The topological polar surface area (TPSA) is 3.01 Å². The van der Waals surface area contributed by atoms with Crippen molar-refractivity contribution in [2.24, 2.45) is 0 Å². The Hall–Kier alpha value is 0.310. The lowest BCUT2D eigenvalue weighted by atomic mass is 10.6. The molecule has 2 unspecified atom stereocenters. The van der Waals surface area contributed by atoms with E-state index in [0.29, 0.717) is 0 Å². The van der Waals surface area contributed by atoms with Crippen molar-refractivity contribution < 1.29 is 0 Å². The first-order valence-corrected chi connectivity index (χ1v) is 3.93. The predicted molar refractivity (Wildman–Crippen MR) is 34.8 cm³/mol. The van der Waals surface area contributed by atoms with Gasteiger partial charge in [0.1, 0.15) is 0 Å². The van der Waals surface area contributed by atoms with E-state index in [1.165, 1.54) is 12.3 Å². The van der Waals surface area contributed by atoms with Crippen molar-refractivity contribution in [1.29, 1.82) is 0 Å². The van der Waals surface area contributed by atoms with Gasteiger partial charge in [-0.2, -0.15) is 11.8 Å². The molecule has 1 saturated heterocycles. The summed E-state index contributed by atoms with van der Waals surface area (Å²) in [6.45, 7) is 1.32. The SMILES string of the molecule is CSCC1CN1C. The van der Waals surface area contributed by atoms with Crippen LogP contribution in [0.2, 0.25) is 0 Å².